The van der Waals surface area contributed by atoms with Crippen LogP contribution in [0.25, 0.3) is 0 Å². The number of nitrogens with zero attached hydrogens (tertiary/aromatic N) is 2. The van der Waals surface area contributed by atoms with E-state index in [4.69, 9.17) is 16.3 Å². The number of halogens is 1. The van der Waals surface area contributed by atoms with E-state index in [0.29, 0.717) is 22.0 Å². The molecule has 0 bridgehead atoms. The summed E-state index contributed by atoms with van der Waals surface area (Å²) in [5.41, 5.74) is 1.62. The molecular weight excluding hydrogens is 572 g/mol. The van der Waals surface area contributed by atoms with E-state index < -0.39 is 33.9 Å². The lowest BCUT2D eigenvalue weighted by Gasteiger charge is -2.33. The van der Waals surface area contributed by atoms with Crippen LogP contribution in [0.1, 0.15) is 37.0 Å². The van der Waals surface area contributed by atoms with Gasteiger partial charge in [0.1, 0.15) is 0 Å². The van der Waals surface area contributed by atoms with E-state index in [-0.39, 0.29) is 36.6 Å². The van der Waals surface area contributed by atoms with E-state index in [1.165, 1.54) is 53.0 Å². The fourth-order valence-electron chi connectivity index (χ4n) is 4.82. The van der Waals surface area contributed by atoms with Gasteiger partial charge in [0.2, 0.25) is 10.0 Å². The molecule has 2 aliphatic rings. The number of piperidine rings is 1. The molecule has 5 rings (SSSR count). The average molecular weight is 599 g/mol. The first kappa shape index (κ1) is 28.4. The number of hydrogen-bond donors (Lipinski definition) is 0. The molecule has 1 amide bonds. The van der Waals surface area contributed by atoms with E-state index >= 15 is 0 Å². The van der Waals surface area contributed by atoms with Crippen LogP contribution < -0.4 is 4.90 Å². The molecule has 1 atom stereocenters. The zero-order valence-corrected chi connectivity index (χ0v) is 24.3. The van der Waals surface area contributed by atoms with E-state index in [9.17, 15) is 22.8 Å². The predicted octanol–water partition coefficient (Wildman–Crippen LogP) is 5.70. The Balaban J connectivity index is 1.26. The molecule has 0 N–H and O–H groups in total. The van der Waals surface area contributed by atoms with E-state index in [0.717, 1.165) is 9.79 Å². The van der Waals surface area contributed by atoms with Gasteiger partial charge >= 0.3 is 5.97 Å². The number of Topliss-reactive ketones (excluding diaryl/α,β-unsaturated/α-hetero) is 1. The molecule has 0 aromatic heterocycles. The number of anilines is 2. The van der Waals surface area contributed by atoms with Gasteiger partial charge in [-0.3, -0.25) is 19.3 Å². The molecule has 0 spiro atoms. The number of ketones is 1. The zero-order chi connectivity index (χ0) is 28.6. The van der Waals surface area contributed by atoms with Crippen molar-refractivity contribution in [2.75, 3.05) is 18.0 Å². The van der Waals surface area contributed by atoms with Crippen LogP contribution in [0.2, 0.25) is 5.02 Å². The summed E-state index contributed by atoms with van der Waals surface area (Å²) in [7, 11) is -3.82. The Kier molecular flexibility index (Phi) is 8.05. The molecule has 0 saturated carbocycles. The van der Waals surface area contributed by atoms with E-state index in [1.807, 2.05) is 30.3 Å². The molecule has 1 saturated heterocycles. The van der Waals surface area contributed by atoms with E-state index in [1.54, 1.807) is 18.2 Å². The van der Waals surface area contributed by atoms with Crippen LogP contribution >= 0.6 is 23.4 Å². The third kappa shape index (κ3) is 5.54. The van der Waals surface area contributed by atoms with Crippen LogP contribution in [-0.4, -0.2) is 49.6 Å². The molecule has 0 aliphatic carbocycles. The Morgan fingerprint density at radius 3 is 2.38 bits per heavy atom. The lowest BCUT2D eigenvalue weighted by Crippen LogP contribution is -2.43. The summed E-state index contributed by atoms with van der Waals surface area (Å²) < 4.78 is 33.2. The summed E-state index contributed by atoms with van der Waals surface area (Å²) >= 11 is 7.78. The van der Waals surface area contributed by atoms with Gasteiger partial charge in [0.05, 0.1) is 22.2 Å². The van der Waals surface area contributed by atoms with Crippen LogP contribution in [0.15, 0.2) is 81.4 Å². The number of ether oxygens (including phenoxy) is 1. The first-order chi connectivity index (χ1) is 19.1. The number of benzene rings is 3. The summed E-state index contributed by atoms with van der Waals surface area (Å²) in [5.74, 6) is -1.71. The van der Waals surface area contributed by atoms with Crippen molar-refractivity contribution in [1.29, 1.82) is 0 Å². The van der Waals surface area contributed by atoms with Crippen LogP contribution in [0.5, 0.6) is 0 Å². The fourth-order valence-corrected chi connectivity index (χ4v) is 7.55. The third-order valence-corrected chi connectivity index (χ3v) is 10.3. The minimum absolute atomic E-state index is 0.0424. The van der Waals surface area contributed by atoms with Gasteiger partial charge in [-0.05, 0) is 69.2 Å². The van der Waals surface area contributed by atoms with Gasteiger partial charge in [-0.25, -0.2) is 8.42 Å². The Morgan fingerprint density at radius 1 is 0.950 bits per heavy atom. The maximum Gasteiger partial charge on any atom is 0.309 e. The van der Waals surface area contributed by atoms with Crippen LogP contribution in [0, 0.1) is 5.92 Å². The van der Waals surface area contributed by atoms with Gasteiger partial charge in [0.25, 0.3) is 5.91 Å². The van der Waals surface area contributed by atoms with Crippen molar-refractivity contribution in [2.24, 2.45) is 5.92 Å². The van der Waals surface area contributed by atoms with Gasteiger partial charge in [0.15, 0.2) is 11.9 Å². The molecule has 0 radical (unpaired) electrons. The summed E-state index contributed by atoms with van der Waals surface area (Å²) in [4.78, 5) is 41.7. The summed E-state index contributed by atoms with van der Waals surface area (Å²) in [6, 6.07) is 18.8. The number of carbonyl (C=O) groups excluding carboxylic acids is 3. The molecule has 3 aromatic carbocycles. The quantitative estimate of drug-likeness (QED) is 0.265. The number of fused-ring (bicyclic) bond motifs is 2. The zero-order valence-electron chi connectivity index (χ0n) is 21.9. The van der Waals surface area contributed by atoms with Gasteiger partial charge in [-0.1, -0.05) is 47.6 Å². The molecule has 1 fully saturated rings. The standard InChI is InChI=1S/C29H27ClN2O6S2/c1-18(33)21-6-5-7-23(16-21)40(36,37)31-14-12-20(13-15-31)29(35)38-19(2)28(34)32-24-8-3-4-9-26(24)39-27-11-10-22(30)17-25(27)32/h3-11,16-17,19-20H,12-15H2,1-2H3. The normalized spacial score (nSPS) is 16.5. The van der Waals surface area contributed by atoms with Gasteiger partial charge in [0, 0.05) is 33.5 Å². The van der Waals surface area contributed by atoms with Crippen molar-refractivity contribution in [3.63, 3.8) is 0 Å². The Hall–Kier alpha value is -3.18. The number of rotatable bonds is 6. The minimum atomic E-state index is -3.82. The SMILES string of the molecule is CC(=O)c1cccc(S(=O)(=O)N2CCC(C(=O)OC(C)C(=O)N3c4ccccc4Sc4ccc(Cl)cc43)CC2)c1. The second-order valence-electron chi connectivity index (χ2n) is 9.70. The van der Waals surface area contributed by atoms with Crippen molar-refractivity contribution in [3.8, 4) is 0 Å². The number of esters is 1. The summed E-state index contributed by atoms with van der Waals surface area (Å²) in [6.07, 6.45) is -0.563. The lowest BCUT2D eigenvalue weighted by atomic mass is 9.98. The monoisotopic (exact) mass is 598 g/mol. The number of sulfonamides is 1. The molecule has 3 aromatic rings. The number of para-hydroxylation sites is 1. The highest BCUT2D eigenvalue weighted by Crippen LogP contribution is 2.49. The second kappa shape index (κ2) is 11.4. The fraction of sp³-hybridized carbons (Fsp3) is 0.276. The first-order valence-electron chi connectivity index (χ1n) is 12.8. The number of carbonyl (C=O) groups is 3. The largest absolute Gasteiger partial charge is 0.452 e. The lowest BCUT2D eigenvalue weighted by molar-refractivity contribution is -0.158. The Bertz CT molecular complexity index is 1600. The minimum Gasteiger partial charge on any atom is -0.452 e. The highest BCUT2D eigenvalue weighted by Gasteiger charge is 2.36. The molecule has 40 heavy (non-hydrogen) atoms. The Morgan fingerprint density at radius 2 is 1.65 bits per heavy atom. The third-order valence-electron chi connectivity index (χ3n) is 7.01. The van der Waals surface area contributed by atoms with Crippen LogP contribution in [0.4, 0.5) is 11.4 Å². The molecule has 2 heterocycles. The molecule has 11 heteroatoms. The smallest absolute Gasteiger partial charge is 0.309 e. The molecule has 2 aliphatic heterocycles. The van der Waals surface area contributed by atoms with Gasteiger partial charge in [-0.15, -0.1) is 0 Å². The second-order valence-corrected chi connectivity index (χ2v) is 13.2. The Labute approximate surface area is 242 Å². The van der Waals surface area contributed by atoms with Crippen molar-refractivity contribution in [1.82, 2.24) is 4.31 Å². The van der Waals surface area contributed by atoms with Crippen molar-refractivity contribution >= 4 is 62.4 Å². The van der Waals surface area contributed by atoms with E-state index in [2.05, 4.69) is 0 Å². The summed E-state index contributed by atoms with van der Waals surface area (Å²) in [6.45, 7) is 3.16. The topological polar surface area (TPSA) is 101 Å². The maximum atomic E-state index is 13.7. The molecular formula is C29H27ClN2O6S2. The molecule has 8 nitrogen and oxygen atoms in total. The molecule has 208 valence electrons. The molecule has 1 unspecified atom stereocenters. The van der Waals surface area contributed by atoms with Crippen molar-refractivity contribution in [2.45, 2.75) is 47.5 Å². The van der Waals surface area contributed by atoms with Crippen LogP contribution in [0.3, 0.4) is 0 Å². The van der Waals surface area contributed by atoms with Crippen molar-refractivity contribution < 1.29 is 27.5 Å². The highest BCUT2D eigenvalue weighted by atomic mass is 35.5. The first-order valence-corrected chi connectivity index (χ1v) is 15.4. The average Bonchev–Trinajstić information content (AvgIpc) is 2.95. The van der Waals surface area contributed by atoms with Gasteiger partial charge < -0.3 is 4.74 Å². The van der Waals surface area contributed by atoms with Crippen molar-refractivity contribution in [3.05, 3.63) is 77.3 Å². The van der Waals surface area contributed by atoms with Crippen LogP contribution in [-0.2, 0) is 24.3 Å². The van der Waals surface area contributed by atoms with Gasteiger partial charge in [-0.2, -0.15) is 4.31 Å². The highest BCUT2D eigenvalue weighted by molar-refractivity contribution is 7.99. The predicted molar refractivity (Wildman–Crippen MR) is 153 cm³/mol. The number of hydrogen-bond acceptors (Lipinski definition) is 7. The summed E-state index contributed by atoms with van der Waals surface area (Å²) in [5, 5.41) is 0.482. The maximum absolute atomic E-state index is 13.7. The number of amides is 1.